The Morgan fingerprint density at radius 3 is 2.76 bits per heavy atom. The van der Waals surface area contributed by atoms with Crippen LogP contribution in [0.5, 0.6) is 0 Å². The summed E-state index contributed by atoms with van der Waals surface area (Å²) in [5.41, 5.74) is 4.53. The van der Waals surface area contributed by atoms with Gasteiger partial charge < -0.3 is 19.8 Å². The molecule has 0 amide bonds. The lowest BCUT2D eigenvalue weighted by Gasteiger charge is -2.39. The second-order valence-electron chi connectivity index (χ2n) is 11.1. The van der Waals surface area contributed by atoms with E-state index in [9.17, 15) is 10.2 Å². The fourth-order valence-electron chi connectivity index (χ4n) is 5.88. The first-order valence-corrected chi connectivity index (χ1v) is 13.6. The van der Waals surface area contributed by atoms with Gasteiger partial charge in [-0.05, 0) is 80.5 Å². The molecule has 5 rings (SSSR count). The molecule has 2 aliphatic heterocycles. The van der Waals surface area contributed by atoms with Crippen LogP contribution in [0.2, 0.25) is 5.02 Å². The minimum absolute atomic E-state index is 0.0243. The minimum atomic E-state index is -0.913. The summed E-state index contributed by atoms with van der Waals surface area (Å²) < 4.78 is 6.24. The number of hydrogen-bond acceptors (Lipinski definition) is 5. The first kappa shape index (κ1) is 26.3. The van der Waals surface area contributed by atoms with Crippen LogP contribution in [0.3, 0.4) is 0 Å². The number of fused-ring (bicyclic) bond motifs is 2. The number of rotatable bonds is 5. The van der Waals surface area contributed by atoms with E-state index in [-0.39, 0.29) is 12.0 Å². The Balaban J connectivity index is 1.32. The SMILES string of the molecule is Cc1cc(Cl)ccc1C1(O)CCN(CC/C=C2\c3cccnc3COC3C=CC(C(C)(C)O)=CC23)CC1. The van der Waals surface area contributed by atoms with Gasteiger partial charge >= 0.3 is 0 Å². The molecule has 2 aromatic rings. The van der Waals surface area contributed by atoms with Gasteiger partial charge in [-0.1, -0.05) is 48.0 Å². The number of nitrogens with zero attached hydrogens (tertiary/aromatic N) is 2. The van der Waals surface area contributed by atoms with Gasteiger partial charge in [0.15, 0.2) is 0 Å². The first-order valence-electron chi connectivity index (χ1n) is 13.2. The van der Waals surface area contributed by atoms with Crippen molar-refractivity contribution >= 4 is 17.2 Å². The lowest BCUT2D eigenvalue weighted by atomic mass is 9.80. The highest BCUT2D eigenvalue weighted by atomic mass is 35.5. The van der Waals surface area contributed by atoms with Crippen molar-refractivity contribution in [1.82, 2.24) is 9.88 Å². The summed E-state index contributed by atoms with van der Waals surface area (Å²) in [5, 5.41) is 22.8. The highest BCUT2D eigenvalue weighted by Crippen LogP contribution is 2.40. The number of aryl methyl sites for hydroxylation is 1. The second-order valence-corrected chi connectivity index (χ2v) is 11.6. The third-order valence-electron chi connectivity index (χ3n) is 8.04. The highest BCUT2D eigenvalue weighted by molar-refractivity contribution is 6.30. The van der Waals surface area contributed by atoms with Crippen molar-refractivity contribution in [1.29, 1.82) is 0 Å². The molecule has 1 aliphatic carbocycles. The van der Waals surface area contributed by atoms with E-state index < -0.39 is 11.2 Å². The van der Waals surface area contributed by atoms with Crippen molar-refractivity contribution in [2.45, 2.75) is 63.9 Å². The zero-order valence-electron chi connectivity index (χ0n) is 22.0. The lowest BCUT2D eigenvalue weighted by molar-refractivity contribution is -0.0259. The summed E-state index contributed by atoms with van der Waals surface area (Å²) >= 11 is 6.13. The maximum Gasteiger partial charge on any atom is 0.0923 e. The van der Waals surface area contributed by atoms with E-state index in [1.165, 1.54) is 5.57 Å². The molecule has 3 aliphatic rings. The van der Waals surface area contributed by atoms with Gasteiger partial charge in [-0.3, -0.25) is 4.98 Å². The number of piperidine rings is 1. The van der Waals surface area contributed by atoms with Crippen LogP contribution >= 0.6 is 11.6 Å². The summed E-state index contributed by atoms with van der Waals surface area (Å²) in [4.78, 5) is 7.04. The standard InChI is InChI=1S/C31H37ClN2O3/c1-21-18-23(32)9-10-27(21)31(36)12-16-34(17-13-31)15-5-7-24-25-6-4-14-33-28(25)20-37-29-11-8-22(19-26(24)29)30(2,3)35/h4,6-11,14,18-19,26,29,35-36H,5,12-13,15-17,20H2,1-3H3/b24-7+. The van der Waals surface area contributed by atoms with E-state index in [1.54, 1.807) is 0 Å². The number of ether oxygens (including phenoxy) is 1. The molecule has 196 valence electrons. The molecule has 0 radical (unpaired) electrons. The maximum absolute atomic E-state index is 11.4. The molecule has 2 atom stereocenters. The molecule has 0 spiro atoms. The average Bonchev–Trinajstić information content (AvgIpc) is 3.01. The maximum atomic E-state index is 11.4. The van der Waals surface area contributed by atoms with E-state index in [0.717, 1.165) is 54.0 Å². The van der Waals surface area contributed by atoms with Crippen LogP contribution in [0.15, 0.2) is 66.4 Å². The largest absolute Gasteiger partial charge is 0.386 e. The Kier molecular flexibility index (Phi) is 7.45. The van der Waals surface area contributed by atoms with Crippen molar-refractivity contribution in [3.8, 4) is 0 Å². The number of hydrogen-bond donors (Lipinski definition) is 2. The summed E-state index contributed by atoms with van der Waals surface area (Å²) in [6, 6.07) is 9.89. The molecule has 0 bridgehead atoms. The van der Waals surface area contributed by atoms with Gasteiger partial charge in [0, 0.05) is 42.3 Å². The Labute approximate surface area is 225 Å². The predicted octanol–water partition coefficient (Wildman–Crippen LogP) is 5.58. The molecule has 6 heteroatoms. The molecule has 1 saturated heterocycles. The highest BCUT2D eigenvalue weighted by Gasteiger charge is 2.36. The summed E-state index contributed by atoms with van der Waals surface area (Å²) in [6.07, 6.45) is 12.6. The molecular formula is C31H37ClN2O3. The third-order valence-corrected chi connectivity index (χ3v) is 8.28. The number of likely N-dealkylation sites (tertiary alicyclic amines) is 1. The molecule has 2 unspecified atom stereocenters. The fraction of sp³-hybridized carbons (Fsp3) is 0.452. The van der Waals surface area contributed by atoms with Crippen LogP contribution < -0.4 is 0 Å². The van der Waals surface area contributed by atoms with Gasteiger partial charge in [-0.2, -0.15) is 0 Å². The van der Waals surface area contributed by atoms with Crippen LogP contribution in [-0.2, 0) is 16.9 Å². The smallest absolute Gasteiger partial charge is 0.0923 e. The number of halogens is 1. The van der Waals surface area contributed by atoms with Gasteiger partial charge in [0.1, 0.15) is 0 Å². The van der Waals surface area contributed by atoms with Crippen molar-refractivity contribution in [2.75, 3.05) is 19.6 Å². The molecular weight excluding hydrogens is 484 g/mol. The van der Waals surface area contributed by atoms with Gasteiger partial charge in [0.05, 0.1) is 29.6 Å². The van der Waals surface area contributed by atoms with Gasteiger partial charge in [-0.25, -0.2) is 0 Å². The van der Waals surface area contributed by atoms with E-state index in [2.05, 4.69) is 34.2 Å². The molecule has 37 heavy (non-hydrogen) atoms. The van der Waals surface area contributed by atoms with Gasteiger partial charge in [0.25, 0.3) is 0 Å². The zero-order chi connectivity index (χ0) is 26.2. The molecule has 1 aromatic heterocycles. The van der Waals surface area contributed by atoms with Crippen LogP contribution in [0.4, 0.5) is 0 Å². The molecule has 5 nitrogen and oxygen atoms in total. The van der Waals surface area contributed by atoms with Crippen LogP contribution in [-0.4, -0.2) is 51.4 Å². The zero-order valence-corrected chi connectivity index (χ0v) is 22.7. The Hall–Kier alpha value is -2.28. The Morgan fingerprint density at radius 1 is 1.24 bits per heavy atom. The quantitative estimate of drug-likeness (QED) is 0.538. The van der Waals surface area contributed by atoms with Crippen LogP contribution in [0.25, 0.3) is 5.57 Å². The molecule has 1 aromatic carbocycles. The second kappa shape index (κ2) is 10.5. The van der Waals surface area contributed by atoms with Crippen molar-refractivity contribution < 1.29 is 14.9 Å². The topological polar surface area (TPSA) is 65.8 Å². The average molecular weight is 521 g/mol. The van der Waals surface area contributed by atoms with E-state index >= 15 is 0 Å². The summed E-state index contributed by atoms with van der Waals surface area (Å²) in [5.74, 6) is 0.0243. The Bertz CT molecular complexity index is 1240. The normalized spacial score (nSPS) is 24.8. The summed E-state index contributed by atoms with van der Waals surface area (Å²) in [7, 11) is 0. The monoisotopic (exact) mass is 520 g/mol. The van der Waals surface area contributed by atoms with Crippen LogP contribution in [0.1, 0.15) is 55.5 Å². The molecule has 1 fully saturated rings. The van der Waals surface area contributed by atoms with Crippen molar-refractivity contribution in [3.63, 3.8) is 0 Å². The van der Waals surface area contributed by atoms with Crippen molar-refractivity contribution in [2.24, 2.45) is 5.92 Å². The summed E-state index contributed by atoms with van der Waals surface area (Å²) in [6.45, 7) is 8.75. The molecule has 2 N–H and O–H groups in total. The Morgan fingerprint density at radius 2 is 2.03 bits per heavy atom. The van der Waals surface area contributed by atoms with Gasteiger partial charge in [0.2, 0.25) is 0 Å². The lowest BCUT2D eigenvalue weighted by Crippen LogP contribution is -2.43. The number of benzene rings is 1. The van der Waals surface area contributed by atoms with E-state index in [4.69, 9.17) is 16.3 Å². The van der Waals surface area contributed by atoms with Crippen LogP contribution in [0, 0.1) is 12.8 Å². The first-order chi connectivity index (χ1) is 17.6. The number of pyridine rings is 1. The van der Waals surface area contributed by atoms with Crippen molar-refractivity contribution in [3.05, 3.63) is 93.8 Å². The van der Waals surface area contributed by atoms with E-state index in [1.807, 2.05) is 57.3 Å². The fourth-order valence-corrected chi connectivity index (χ4v) is 6.11. The number of aliphatic hydroxyl groups is 2. The molecule has 0 saturated carbocycles. The third kappa shape index (κ3) is 5.62. The minimum Gasteiger partial charge on any atom is -0.386 e. The predicted molar refractivity (Wildman–Crippen MR) is 148 cm³/mol. The van der Waals surface area contributed by atoms with E-state index in [0.29, 0.717) is 24.5 Å². The van der Waals surface area contributed by atoms with Gasteiger partial charge in [-0.15, -0.1) is 0 Å². The molecule has 3 heterocycles. The number of aromatic nitrogens is 1.